The first-order valence-electron chi connectivity index (χ1n) is 3.81. The maximum absolute atomic E-state index is 10.7. The molecule has 0 aromatic carbocycles. The van der Waals surface area contributed by atoms with E-state index in [2.05, 4.69) is 21.4 Å². The van der Waals surface area contributed by atoms with Gasteiger partial charge < -0.3 is 14.8 Å². The molecule has 0 radical (unpaired) electrons. The second-order valence-electron chi connectivity index (χ2n) is 2.15. The highest BCUT2D eigenvalue weighted by Gasteiger charge is 1.99. The molecule has 74 valence electrons. The van der Waals surface area contributed by atoms with Crippen LogP contribution in [0.5, 0.6) is 0 Å². The van der Waals surface area contributed by atoms with E-state index < -0.39 is 12.1 Å². The van der Waals surface area contributed by atoms with E-state index in [0.29, 0.717) is 6.54 Å². The van der Waals surface area contributed by atoms with Crippen LogP contribution in [0.2, 0.25) is 0 Å². The molecule has 0 aliphatic carbocycles. The summed E-state index contributed by atoms with van der Waals surface area (Å²) >= 11 is 0. The Kier molecular flexibility index (Phi) is 6.31. The van der Waals surface area contributed by atoms with Crippen LogP contribution in [0.4, 0.5) is 4.79 Å². The zero-order valence-electron chi connectivity index (χ0n) is 7.54. The Hall–Kier alpha value is -1.52. The lowest BCUT2D eigenvalue weighted by atomic mass is 10.6. The first-order chi connectivity index (χ1) is 6.16. The highest BCUT2D eigenvalue weighted by atomic mass is 16.6. The molecule has 0 saturated heterocycles. The van der Waals surface area contributed by atoms with E-state index in [1.54, 1.807) is 0 Å². The summed E-state index contributed by atoms with van der Waals surface area (Å²) in [6, 6.07) is 0. The minimum atomic E-state index is -0.549. The van der Waals surface area contributed by atoms with Crippen molar-refractivity contribution in [2.75, 3.05) is 19.8 Å². The average molecular weight is 187 g/mol. The number of hydrogen-bond donors (Lipinski definition) is 1. The van der Waals surface area contributed by atoms with Crippen molar-refractivity contribution in [2.24, 2.45) is 0 Å². The number of esters is 1. The molecule has 0 spiro atoms. The Morgan fingerprint density at radius 3 is 2.54 bits per heavy atom. The molecule has 13 heavy (non-hydrogen) atoms. The first-order valence-corrected chi connectivity index (χ1v) is 3.81. The third-order valence-electron chi connectivity index (χ3n) is 1.01. The molecule has 1 amide bonds. The molecule has 1 N–H and O–H groups in total. The van der Waals surface area contributed by atoms with Crippen molar-refractivity contribution in [1.29, 1.82) is 0 Å². The van der Waals surface area contributed by atoms with Gasteiger partial charge in [-0.3, -0.25) is 4.79 Å². The molecule has 0 aliphatic heterocycles. The summed E-state index contributed by atoms with van der Waals surface area (Å²) in [7, 11) is 0. The minimum Gasteiger partial charge on any atom is -0.462 e. The lowest BCUT2D eigenvalue weighted by Gasteiger charge is -2.04. The van der Waals surface area contributed by atoms with E-state index >= 15 is 0 Å². The second-order valence-corrected chi connectivity index (χ2v) is 2.15. The number of alkyl carbamates (subject to hydrolysis) is 1. The Bertz CT molecular complexity index is 191. The second kappa shape index (κ2) is 7.15. The summed E-state index contributed by atoms with van der Waals surface area (Å²) in [5, 5.41) is 2.40. The molecule has 0 bridgehead atoms. The molecule has 5 heteroatoms. The van der Waals surface area contributed by atoms with E-state index in [1.165, 1.54) is 13.0 Å². The lowest BCUT2D eigenvalue weighted by Crippen LogP contribution is -2.25. The lowest BCUT2D eigenvalue weighted by molar-refractivity contribution is -0.141. The molecule has 0 unspecified atom stereocenters. The molecule has 0 heterocycles. The molecule has 0 atom stereocenters. The van der Waals surface area contributed by atoms with Gasteiger partial charge in [-0.15, -0.1) is 6.58 Å². The van der Waals surface area contributed by atoms with Gasteiger partial charge in [0, 0.05) is 13.5 Å². The molecule has 0 aliphatic rings. The highest BCUT2D eigenvalue weighted by molar-refractivity contribution is 5.67. The molecule has 5 nitrogen and oxygen atoms in total. The van der Waals surface area contributed by atoms with Gasteiger partial charge in [-0.2, -0.15) is 0 Å². The highest BCUT2D eigenvalue weighted by Crippen LogP contribution is 1.80. The van der Waals surface area contributed by atoms with Crippen LogP contribution in [-0.2, 0) is 14.3 Å². The predicted octanol–water partition coefficient (Wildman–Crippen LogP) is 0.462. The Balaban J connectivity index is 3.26. The number of amides is 1. The van der Waals surface area contributed by atoms with Gasteiger partial charge in [0.05, 0.1) is 0 Å². The zero-order valence-corrected chi connectivity index (χ0v) is 7.54. The van der Waals surface area contributed by atoms with Crippen molar-refractivity contribution in [3.05, 3.63) is 12.7 Å². The molecule has 0 aromatic rings. The van der Waals surface area contributed by atoms with Gasteiger partial charge in [-0.05, 0) is 0 Å². The normalized spacial score (nSPS) is 8.69. The molecule has 0 fully saturated rings. The average Bonchev–Trinajstić information content (AvgIpc) is 2.08. The fraction of sp³-hybridized carbons (Fsp3) is 0.500. The van der Waals surface area contributed by atoms with Crippen molar-refractivity contribution in [1.82, 2.24) is 5.32 Å². The SMILES string of the molecule is C=CCNC(=O)OCCOC(C)=O. The number of ether oxygens (including phenoxy) is 2. The van der Waals surface area contributed by atoms with Gasteiger partial charge in [0.2, 0.25) is 0 Å². The van der Waals surface area contributed by atoms with Crippen molar-refractivity contribution < 1.29 is 19.1 Å². The van der Waals surface area contributed by atoms with Crippen LogP contribution in [0.1, 0.15) is 6.92 Å². The first kappa shape index (κ1) is 11.5. The maximum Gasteiger partial charge on any atom is 0.407 e. The topological polar surface area (TPSA) is 64.6 Å². The predicted molar refractivity (Wildman–Crippen MR) is 46.2 cm³/mol. The minimum absolute atomic E-state index is 0.0581. The van der Waals surface area contributed by atoms with E-state index in [4.69, 9.17) is 0 Å². The van der Waals surface area contributed by atoms with Crippen molar-refractivity contribution in [3.63, 3.8) is 0 Å². The van der Waals surface area contributed by atoms with Gasteiger partial charge in [-0.25, -0.2) is 4.79 Å². The molecular formula is C8H13NO4. The summed E-state index contributed by atoms with van der Waals surface area (Å²) in [5.74, 6) is -0.393. The Labute approximate surface area is 76.7 Å². The number of nitrogens with one attached hydrogen (secondary N) is 1. The number of hydrogen-bond acceptors (Lipinski definition) is 4. The molecule has 0 rings (SSSR count). The van der Waals surface area contributed by atoms with Gasteiger partial charge >= 0.3 is 12.1 Å². The molecular weight excluding hydrogens is 174 g/mol. The van der Waals surface area contributed by atoms with E-state index in [1.807, 2.05) is 0 Å². The summed E-state index contributed by atoms with van der Waals surface area (Å²) in [6.45, 7) is 5.19. The fourth-order valence-electron chi connectivity index (χ4n) is 0.526. The smallest absolute Gasteiger partial charge is 0.407 e. The fourth-order valence-corrected chi connectivity index (χ4v) is 0.526. The van der Waals surface area contributed by atoms with Crippen molar-refractivity contribution in [2.45, 2.75) is 6.92 Å². The number of rotatable bonds is 5. The van der Waals surface area contributed by atoms with Crippen LogP contribution in [0.25, 0.3) is 0 Å². The van der Waals surface area contributed by atoms with Gasteiger partial charge in [0.15, 0.2) is 0 Å². The standard InChI is InChI=1S/C8H13NO4/c1-3-4-9-8(11)13-6-5-12-7(2)10/h3H,1,4-6H2,2H3,(H,9,11). The van der Waals surface area contributed by atoms with E-state index in [-0.39, 0.29) is 13.2 Å². The third kappa shape index (κ3) is 8.39. The van der Waals surface area contributed by atoms with E-state index in [0.717, 1.165) is 0 Å². The van der Waals surface area contributed by atoms with Crippen molar-refractivity contribution in [3.8, 4) is 0 Å². The summed E-state index contributed by atoms with van der Waals surface area (Å²) in [6.07, 6.45) is 0.986. The molecule has 0 aromatic heterocycles. The summed E-state index contributed by atoms with van der Waals surface area (Å²) in [5.41, 5.74) is 0. The van der Waals surface area contributed by atoms with Crippen LogP contribution < -0.4 is 5.32 Å². The molecule has 0 saturated carbocycles. The quantitative estimate of drug-likeness (QED) is 0.386. The van der Waals surface area contributed by atoms with Crippen LogP contribution in [-0.4, -0.2) is 31.8 Å². The monoisotopic (exact) mass is 187 g/mol. The van der Waals surface area contributed by atoms with Crippen LogP contribution >= 0.6 is 0 Å². The van der Waals surface area contributed by atoms with E-state index in [9.17, 15) is 9.59 Å². The number of carbonyl (C=O) groups excluding carboxylic acids is 2. The summed E-state index contributed by atoms with van der Waals surface area (Å²) < 4.78 is 9.15. The van der Waals surface area contributed by atoms with Crippen molar-refractivity contribution >= 4 is 12.1 Å². The largest absolute Gasteiger partial charge is 0.462 e. The van der Waals surface area contributed by atoms with Gasteiger partial charge in [-0.1, -0.05) is 6.08 Å². The van der Waals surface area contributed by atoms with Gasteiger partial charge in [0.1, 0.15) is 13.2 Å². The van der Waals surface area contributed by atoms with Crippen LogP contribution in [0, 0.1) is 0 Å². The van der Waals surface area contributed by atoms with Crippen LogP contribution in [0.15, 0.2) is 12.7 Å². The van der Waals surface area contributed by atoms with Crippen LogP contribution in [0.3, 0.4) is 0 Å². The van der Waals surface area contributed by atoms with Gasteiger partial charge in [0.25, 0.3) is 0 Å². The third-order valence-corrected chi connectivity index (χ3v) is 1.01. The zero-order chi connectivity index (χ0) is 10.1. The summed E-state index contributed by atoms with van der Waals surface area (Å²) in [4.78, 5) is 21.0. The Morgan fingerprint density at radius 1 is 1.38 bits per heavy atom. The Morgan fingerprint density at radius 2 is 2.00 bits per heavy atom. The number of carbonyl (C=O) groups is 2. The maximum atomic E-state index is 10.7.